The second-order valence-corrected chi connectivity index (χ2v) is 10.9. The SMILES string of the molecule is COc1ccc2c(c1)/C(=C/C(=O)c1ccc(NS(=O)(=O)c3ccc(Cl)cc3)cc1)NC(C)(C)C2. The molecule has 0 atom stereocenters. The number of anilines is 1. The maximum atomic E-state index is 13.0. The van der Waals surface area contributed by atoms with E-state index in [0.29, 0.717) is 16.3 Å². The van der Waals surface area contributed by atoms with Crippen molar-refractivity contribution in [2.24, 2.45) is 0 Å². The Morgan fingerprint density at radius 1 is 1.06 bits per heavy atom. The van der Waals surface area contributed by atoms with Gasteiger partial charge in [0, 0.05) is 39.1 Å². The molecule has 0 aromatic heterocycles. The standard InChI is InChI=1S/C26H25ClN2O4S/c1-26(2)16-18-6-11-21(33-3)14-23(18)24(28-26)15-25(30)17-4-9-20(10-5-17)29-34(31,32)22-12-7-19(27)8-13-22/h4-15,28-29H,16H2,1-3H3/b24-15-. The Labute approximate surface area is 204 Å². The third-order valence-electron chi connectivity index (χ3n) is 5.53. The molecule has 0 amide bonds. The number of rotatable bonds is 6. The van der Waals surface area contributed by atoms with E-state index in [2.05, 4.69) is 23.9 Å². The quantitative estimate of drug-likeness (QED) is 0.357. The number of sulfonamides is 1. The average Bonchev–Trinajstić information content (AvgIpc) is 2.78. The molecule has 3 aromatic carbocycles. The van der Waals surface area contributed by atoms with Gasteiger partial charge in [0.2, 0.25) is 0 Å². The Hall–Kier alpha value is -3.29. The van der Waals surface area contributed by atoms with Gasteiger partial charge in [-0.05, 0) is 86.5 Å². The molecule has 0 bridgehead atoms. The van der Waals surface area contributed by atoms with Crippen LogP contribution >= 0.6 is 11.6 Å². The summed E-state index contributed by atoms with van der Waals surface area (Å²) in [5, 5.41) is 3.90. The number of hydrogen-bond acceptors (Lipinski definition) is 5. The molecule has 0 saturated carbocycles. The van der Waals surface area contributed by atoms with Crippen LogP contribution in [0.2, 0.25) is 5.02 Å². The topological polar surface area (TPSA) is 84.5 Å². The van der Waals surface area contributed by atoms with Crippen LogP contribution in [0, 0.1) is 0 Å². The number of methoxy groups -OCH3 is 1. The number of carbonyl (C=O) groups is 1. The summed E-state index contributed by atoms with van der Waals surface area (Å²) >= 11 is 5.83. The molecule has 0 radical (unpaired) electrons. The van der Waals surface area contributed by atoms with Gasteiger partial charge in [0.1, 0.15) is 5.75 Å². The van der Waals surface area contributed by atoms with E-state index in [0.717, 1.165) is 29.0 Å². The smallest absolute Gasteiger partial charge is 0.261 e. The third kappa shape index (κ3) is 5.26. The van der Waals surface area contributed by atoms with E-state index in [-0.39, 0.29) is 16.2 Å². The van der Waals surface area contributed by atoms with Crippen LogP contribution in [0.15, 0.2) is 77.7 Å². The van der Waals surface area contributed by atoms with E-state index in [9.17, 15) is 13.2 Å². The van der Waals surface area contributed by atoms with Gasteiger partial charge < -0.3 is 10.1 Å². The fourth-order valence-corrected chi connectivity index (χ4v) is 5.08. The van der Waals surface area contributed by atoms with Gasteiger partial charge in [0.25, 0.3) is 10.0 Å². The highest BCUT2D eigenvalue weighted by molar-refractivity contribution is 7.92. The molecule has 8 heteroatoms. The van der Waals surface area contributed by atoms with Crippen molar-refractivity contribution in [3.8, 4) is 5.75 Å². The van der Waals surface area contributed by atoms with Crippen molar-refractivity contribution < 1.29 is 17.9 Å². The molecule has 1 aliphatic heterocycles. The summed E-state index contributed by atoms with van der Waals surface area (Å²) in [7, 11) is -2.16. The summed E-state index contributed by atoms with van der Waals surface area (Å²) in [5.74, 6) is 0.525. The number of ketones is 1. The molecule has 34 heavy (non-hydrogen) atoms. The molecule has 0 saturated heterocycles. The fourth-order valence-electron chi connectivity index (χ4n) is 3.90. The molecule has 0 spiro atoms. The minimum atomic E-state index is -3.77. The number of nitrogens with one attached hydrogen (secondary N) is 2. The van der Waals surface area contributed by atoms with Crippen molar-refractivity contribution in [3.63, 3.8) is 0 Å². The highest BCUT2D eigenvalue weighted by atomic mass is 35.5. The summed E-state index contributed by atoms with van der Waals surface area (Å²) in [6.45, 7) is 4.17. The lowest BCUT2D eigenvalue weighted by Crippen LogP contribution is -2.43. The molecule has 176 valence electrons. The van der Waals surface area contributed by atoms with Crippen molar-refractivity contribution in [2.75, 3.05) is 11.8 Å². The number of ether oxygens (including phenoxy) is 1. The monoisotopic (exact) mass is 496 g/mol. The van der Waals surface area contributed by atoms with Gasteiger partial charge in [-0.1, -0.05) is 17.7 Å². The lowest BCUT2D eigenvalue weighted by atomic mass is 9.85. The molecule has 4 rings (SSSR count). The first kappa shape index (κ1) is 23.9. The normalized spacial score (nSPS) is 15.8. The maximum absolute atomic E-state index is 13.0. The van der Waals surface area contributed by atoms with E-state index in [4.69, 9.17) is 16.3 Å². The highest BCUT2D eigenvalue weighted by Crippen LogP contribution is 2.32. The summed E-state index contributed by atoms with van der Waals surface area (Å²) < 4.78 is 33.0. The molecule has 0 fully saturated rings. The summed E-state index contributed by atoms with van der Waals surface area (Å²) in [6, 6.07) is 18.1. The van der Waals surface area contributed by atoms with Gasteiger partial charge in [0.05, 0.1) is 12.0 Å². The minimum Gasteiger partial charge on any atom is -0.497 e. The zero-order valence-electron chi connectivity index (χ0n) is 19.1. The van der Waals surface area contributed by atoms with Crippen molar-refractivity contribution >= 4 is 38.8 Å². The van der Waals surface area contributed by atoms with Crippen LogP contribution in [0.4, 0.5) is 5.69 Å². The Kier molecular flexibility index (Phi) is 6.43. The first-order valence-electron chi connectivity index (χ1n) is 10.7. The number of carbonyl (C=O) groups excluding carboxylic acids is 1. The molecule has 3 aromatic rings. The van der Waals surface area contributed by atoms with Gasteiger partial charge in [0.15, 0.2) is 5.78 Å². The van der Waals surface area contributed by atoms with Gasteiger partial charge in [-0.25, -0.2) is 8.42 Å². The van der Waals surface area contributed by atoms with Crippen LogP contribution in [0.1, 0.15) is 35.3 Å². The van der Waals surface area contributed by atoms with Gasteiger partial charge in [-0.15, -0.1) is 0 Å². The number of fused-ring (bicyclic) bond motifs is 1. The second kappa shape index (κ2) is 9.16. The van der Waals surface area contributed by atoms with Gasteiger partial charge >= 0.3 is 0 Å². The van der Waals surface area contributed by atoms with E-state index in [1.807, 2.05) is 18.2 Å². The zero-order valence-corrected chi connectivity index (χ0v) is 20.6. The minimum absolute atomic E-state index is 0.0990. The van der Waals surface area contributed by atoms with Crippen LogP contribution < -0.4 is 14.8 Å². The molecule has 0 aliphatic carbocycles. The van der Waals surface area contributed by atoms with Gasteiger partial charge in [-0.2, -0.15) is 0 Å². The summed E-state index contributed by atoms with van der Waals surface area (Å²) in [6.07, 6.45) is 2.40. The average molecular weight is 497 g/mol. The predicted molar refractivity (Wildman–Crippen MR) is 135 cm³/mol. The third-order valence-corrected chi connectivity index (χ3v) is 7.18. The van der Waals surface area contributed by atoms with Crippen molar-refractivity contribution in [3.05, 3.63) is 94.5 Å². The Morgan fingerprint density at radius 3 is 2.38 bits per heavy atom. The predicted octanol–water partition coefficient (Wildman–Crippen LogP) is 5.30. The number of allylic oxidation sites excluding steroid dienone is 1. The zero-order chi connectivity index (χ0) is 24.5. The van der Waals surface area contributed by atoms with Crippen LogP contribution in [0.3, 0.4) is 0 Å². The van der Waals surface area contributed by atoms with E-state index in [1.165, 1.54) is 24.3 Å². The van der Waals surface area contributed by atoms with Crippen molar-refractivity contribution in [1.29, 1.82) is 0 Å². The molecule has 6 nitrogen and oxygen atoms in total. The van der Waals surface area contributed by atoms with E-state index in [1.54, 1.807) is 37.5 Å². The lowest BCUT2D eigenvalue weighted by molar-refractivity contribution is 0.104. The first-order chi connectivity index (χ1) is 16.1. The maximum Gasteiger partial charge on any atom is 0.261 e. The van der Waals surface area contributed by atoms with Crippen LogP contribution in [-0.2, 0) is 16.4 Å². The number of halogens is 1. The lowest BCUT2D eigenvalue weighted by Gasteiger charge is -2.35. The molecule has 1 heterocycles. The van der Waals surface area contributed by atoms with Gasteiger partial charge in [-0.3, -0.25) is 9.52 Å². The van der Waals surface area contributed by atoms with Crippen LogP contribution in [0.5, 0.6) is 5.75 Å². The largest absolute Gasteiger partial charge is 0.497 e. The number of benzene rings is 3. The molecule has 1 aliphatic rings. The second-order valence-electron chi connectivity index (χ2n) is 8.77. The molecule has 0 unspecified atom stereocenters. The van der Waals surface area contributed by atoms with Crippen molar-refractivity contribution in [1.82, 2.24) is 5.32 Å². The summed E-state index contributed by atoms with van der Waals surface area (Å²) in [4.78, 5) is 13.1. The Balaban J connectivity index is 1.57. The molecule has 2 N–H and O–H groups in total. The van der Waals surface area contributed by atoms with Crippen molar-refractivity contribution in [2.45, 2.75) is 30.7 Å². The van der Waals surface area contributed by atoms with E-state index >= 15 is 0 Å². The van der Waals surface area contributed by atoms with E-state index < -0.39 is 10.0 Å². The highest BCUT2D eigenvalue weighted by Gasteiger charge is 2.28. The molecular formula is C26H25ClN2O4S. The Morgan fingerprint density at radius 2 is 1.74 bits per heavy atom. The first-order valence-corrected chi connectivity index (χ1v) is 12.5. The fraction of sp³-hybridized carbons (Fsp3) is 0.192. The Bertz CT molecular complexity index is 1360. The van der Waals surface area contributed by atoms with Crippen LogP contribution in [0.25, 0.3) is 5.70 Å². The van der Waals surface area contributed by atoms with Crippen LogP contribution in [-0.4, -0.2) is 26.8 Å². The number of hydrogen-bond donors (Lipinski definition) is 2. The molecular weight excluding hydrogens is 472 g/mol. The summed E-state index contributed by atoms with van der Waals surface area (Å²) in [5.41, 5.74) is 3.37.